The molecule has 0 spiro atoms. The number of carbonyl (C=O) groups excluding carboxylic acids is 1. The van der Waals surface area contributed by atoms with Crippen LogP contribution in [0.15, 0.2) is 78.9 Å². The summed E-state index contributed by atoms with van der Waals surface area (Å²) in [7, 11) is 4.04. The molecule has 0 saturated carbocycles. The third kappa shape index (κ3) is 5.35. The maximum Gasteiger partial charge on any atom is 0.254 e. The molecule has 0 aromatic heterocycles. The SMILES string of the molecule is CN(C)c1ccc(C(=O)N2Cc3ccccc3NCC[C@@H]3CC[C@H](C2)N3Cc2ccccc2)cc1. The molecule has 0 unspecified atom stereocenters. The standard InChI is InChI=1S/C30H36N4O/c1-32(2)26-14-12-24(13-15-26)30(35)33-21-25-10-6-7-11-29(25)31-19-18-27-16-17-28(22-33)34(27)20-23-8-4-3-5-9-23/h3-15,27-28,31H,16-22H2,1-2H3/t27-,28+/m0/s1. The lowest BCUT2D eigenvalue weighted by atomic mass is 10.1. The van der Waals surface area contributed by atoms with Crippen LogP contribution in [0.1, 0.15) is 40.7 Å². The number of benzene rings is 3. The molecule has 2 aliphatic rings. The summed E-state index contributed by atoms with van der Waals surface area (Å²) in [5.74, 6) is 0.104. The Labute approximate surface area is 209 Å². The van der Waals surface area contributed by atoms with E-state index in [1.807, 2.05) is 38.4 Å². The van der Waals surface area contributed by atoms with Gasteiger partial charge in [-0.15, -0.1) is 0 Å². The molecule has 5 rings (SSSR count). The molecule has 1 amide bonds. The van der Waals surface area contributed by atoms with E-state index in [9.17, 15) is 4.79 Å². The second kappa shape index (κ2) is 10.5. The van der Waals surface area contributed by atoms with Crippen LogP contribution in [0.5, 0.6) is 0 Å². The minimum absolute atomic E-state index is 0.104. The van der Waals surface area contributed by atoms with Crippen molar-refractivity contribution in [2.75, 3.05) is 37.4 Å². The zero-order chi connectivity index (χ0) is 24.2. The predicted molar refractivity (Wildman–Crippen MR) is 144 cm³/mol. The molecule has 2 bridgehead atoms. The van der Waals surface area contributed by atoms with Crippen LogP contribution >= 0.6 is 0 Å². The Hall–Kier alpha value is -3.31. The molecule has 1 saturated heterocycles. The van der Waals surface area contributed by atoms with Crippen molar-refractivity contribution in [3.8, 4) is 0 Å². The third-order valence-electron chi connectivity index (χ3n) is 7.50. The highest BCUT2D eigenvalue weighted by atomic mass is 16.2. The molecule has 1 N–H and O–H groups in total. The van der Waals surface area contributed by atoms with E-state index in [-0.39, 0.29) is 5.91 Å². The van der Waals surface area contributed by atoms with Gasteiger partial charge >= 0.3 is 0 Å². The van der Waals surface area contributed by atoms with Crippen molar-refractivity contribution >= 4 is 17.3 Å². The molecule has 3 aromatic carbocycles. The number of nitrogens with zero attached hydrogens (tertiary/aromatic N) is 3. The summed E-state index contributed by atoms with van der Waals surface area (Å²) in [6.45, 7) is 3.23. The number of para-hydroxylation sites is 1. The smallest absolute Gasteiger partial charge is 0.254 e. The topological polar surface area (TPSA) is 38.8 Å². The molecule has 0 aliphatic carbocycles. The first-order chi connectivity index (χ1) is 17.1. The Balaban J connectivity index is 1.46. The van der Waals surface area contributed by atoms with Crippen LogP contribution in [-0.4, -0.2) is 55.0 Å². The van der Waals surface area contributed by atoms with Crippen molar-refractivity contribution in [1.29, 1.82) is 0 Å². The van der Waals surface area contributed by atoms with Gasteiger partial charge in [-0.05, 0) is 60.7 Å². The molecule has 182 valence electrons. The fourth-order valence-corrected chi connectivity index (χ4v) is 5.54. The number of hydrogen-bond acceptors (Lipinski definition) is 4. The molecule has 5 heteroatoms. The largest absolute Gasteiger partial charge is 0.385 e. The Kier molecular flexibility index (Phi) is 7.05. The lowest BCUT2D eigenvalue weighted by Gasteiger charge is -2.34. The lowest BCUT2D eigenvalue weighted by molar-refractivity contribution is 0.0663. The summed E-state index contributed by atoms with van der Waals surface area (Å²) in [4.78, 5) is 20.6. The van der Waals surface area contributed by atoms with Crippen molar-refractivity contribution < 1.29 is 4.79 Å². The van der Waals surface area contributed by atoms with Gasteiger partial charge in [-0.25, -0.2) is 0 Å². The summed E-state index contributed by atoms with van der Waals surface area (Å²) < 4.78 is 0. The molecular formula is C30H36N4O. The zero-order valence-corrected chi connectivity index (χ0v) is 20.9. The number of carbonyl (C=O) groups is 1. The second-order valence-electron chi connectivity index (χ2n) is 10.0. The highest BCUT2D eigenvalue weighted by Crippen LogP contribution is 2.31. The first-order valence-corrected chi connectivity index (χ1v) is 12.8. The Morgan fingerprint density at radius 1 is 0.886 bits per heavy atom. The van der Waals surface area contributed by atoms with E-state index >= 15 is 0 Å². The number of amides is 1. The summed E-state index contributed by atoms with van der Waals surface area (Å²) in [5.41, 5.74) is 5.51. The average Bonchev–Trinajstić information content (AvgIpc) is 3.24. The molecule has 2 atom stereocenters. The fourth-order valence-electron chi connectivity index (χ4n) is 5.54. The van der Waals surface area contributed by atoms with Gasteiger partial charge in [0, 0.05) is 69.3 Å². The number of hydrogen-bond donors (Lipinski definition) is 1. The van der Waals surface area contributed by atoms with Gasteiger partial charge in [-0.2, -0.15) is 0 Å². The van der Waals surface area contributed by atoms with Gasteiger partial charge in [-0.1, -0.05) is 48.5 Å². The number of rotatable bonds is 4. The highest BCUT2D eigenvalue weighted by molar-refractivity contribution is 5.94. The van der Waals surface area contributed by atoms with E-state index in [0.717, 1.165) is 49.4 Å². The van der Waals surface area contributed by atoms with Crippen LogP contribution in [0.25, 0.3) is 0 Å². The minimum Gasteiger partial charge on any atom is -0.385 e. The monoisotopic (exact) mass is 468 g/mol. The maximum atomic E-state index is 13.9. The van der Waals surface area contributed by atoms with E-state index in [0.29, 0.717) is 18.6 Å². The van der Waals surface area contributed by atoms with E-state index in [1.54, 1.807) is 0 Å². The van der Waals surface area contributed by atoms with E-state index in [1.165, 1.54) is 17.5 Å². The molecule has 2 aliphatic heterocycles. The predicted octanol–water partition coefficient (Wildman–Crippen LogP) is 5.24. The normalized spacial score (nSPS) is 20.5. The summed E-state index contributed by atoms with van der Waals surface area (Å²) in [5, 5.41) is 3.68. The van der Waals surface area contributed by atoms with Crippen molar-refractivity contribution in [3.63, 3.8) is 0 Å². The molecule has 35 heavy (non-hydrogen) atoms. The van der Waals surface area contributed by atoms with Crippen LogP contribution < -0.4 is 10.2 Å². The third-order valence-corrected chi connectivity index (χ3v) is 7.50. The van der Waals surface area contributed by atoms with Crippen LogP contribution in [-0.2, 0) is 13.1 Å². The van der Waals surface area contributed by atoms with Crippen LogP contribution in [0.3, 0.4) is 0 Å². The van der Waals surface area contributed by atoms with Crippen LogP contribution in [0.2, 0.25) is 0 Å². The van der Waals surface area contributed by atoms with Crippen molar-refractivity contribution in [2.24, 2.45) is 0 Å². The highest BCUT2D eigenvalue weighted by Gasteiger charge is 2.35. The second-order valence-corrected chi connectivity index (χ2v) is 10.0. The molecular weight excluding hydrogens is 432 g/mol. The number of nitrogens with one attached hydrogen (secondary N) is 1. The van der Waals surface area contributed by atoms with E-state index < -0.39 is 0 Å². The first-order valence-electron chi connectivity index (χ1n) is 12.8. The molecule has 1 fully saturated rings. The van der Waals surface area contributed by atoms with Crippen molar-refractivity contribution in [3.05, 3.63) is 95.6 Å². The maximum absolute atomic E-state index is 13.9. The van der Waals surface area contributed by atoms with Crippen molar-refractivity contribution in [1.82, 2.24) is 9.80 Å². The van der Waals surface area contributed by atoms with Gasteiger partial charge in [-0.3, -0.25) is 9.69 Å². The van der Waals surface area contributed by atoms with Gasteiger partial charge < -0.3 is 15.1 Å². The lowest BCUT2D eigenvalue weighted by Crippen LogP contribution is -2.44. The molecule has 0 radical (unpaired) electrons. The minimum atomic E-state index is 0.104. The fraction of sp³-hybridized carbons (Fsp3) is 0.367. The zero-order valence-electron chi connectivity index (χ0n) is 20.9. The Morgan fingerprint density at radius 2 is 1.60 bits per heavy atom. The summed E-state index contributed by atoms with van der Waals surface area (Å²) in [6, 6.07) is 28.1. The molecule has 3 aromatic rings. The van der Waals surface area contributed by atoms with Gasteiger partial charge in [0.25, 0.3) is 5.91 Å². The van der Waals surface area contributed by atoms with Gasteiger partial charge in [0.1, 0.15) is 0 Å². The Morgan fingerprint density at radius 3 is 2.37 bits per heavy atom. The number of anilines is 2. The van der Waals surface area contributed by atoms with Crippen LogP contribution in [0.4, 0.5) is 11.4 Å². The Bertz CT molecular complexity index is 1130. The molecule has 5 nitrogen and oxygen atoms in total. The first kappa shape index (κ1) is 23.4. The summed E-state index contributed by atoms with van der Waals surface area (Å²) in [6.07, 6.45) is 3.42. The quantitative estimate of drug-likeness (QED) is 0.568. The van der Waals surface area contributed by atoms with E-state index in [2.05, 4.69) is 74.6 Å². The number of fused-ring (bicyclic) bond motifs is 3. The van der Waals surface area contributed by atoms with Gasteiger partial charge in [0.05, 0.1) is 0 Å². The van der Waals surface area contributed by atoms with E-state index in [4.69, 9.17) is 0 Å². The van der Waals surface area contributed by atoms with Gasteiger partial charge in [0.15, 0.2) is 0 Å². The van der Waals surface area contributed by atoms with Crippen molar-refractivity contribution in [2.45, 2.75) is 44.4 Å². The van der Waals surface area contributed by atoms with Crippen LogP contribution in [0, 0.1) is 0 Å². The average molecular weight is 469 g/mol. The molecule has 2 heterocycles. The summed E-state index contributed by atoms with van der Waals surface area (Å²) >= 11 is 0. The van der Waals surface area contributed by atoms with Gasteiger partial charge in [0.2, 0.25) is 0 Å².